The Hall–Kier alpha value is -4.81. The largest absolute Gasteiger partial charge is 0.459 e. The molecule has 5 rings (SSSR count). The molecule has 13 heteroatoms. The van der Waals surface area contributed by atoms with E-state index in [1.54, 1.807) is 12.1 Å². The van der Waals surface area contributed by atoms with Crippen LogP contribution in [0.5, 0.6) is 0 Å². The van der Waals surface area contributed by atoms with Gasteiger partial charge in [-0.15, -0.1) is 0 Å². The molecular weight excluding hydrogens is 561 g/mol. The Labute approximate surface area is 236 Å². The number of rotatable bonds is 6. The molecule has 8 nitrogen and oxygen atoms in total. The maximum atomic E-state index is 14.0. The Morgan fingerprint density at radius 2 is 1.81 bits per heavy atom. The number of fused-ring (bicyclic) bond motifs is 1. The summed E-state index contributed by atoms with van der Waals surface area (Å²) >= 11 is 0. The van der Waals surface area contributed by atoms with E-state index in [4.69, 9.17) is 10.2 Å². The van der Waals surface area contributed by atoms with Crippen molar-refractivity contribution in [3.8, 4) is 11.3 Å². The molecule has 218 valence electrons. The number of nitrogens with two attached hydrogens (primary N) is 1. The van der Waals surface area contributed by atoms with Gasteiger partial charge in [-0.2, -0.15) is 13.2 Å². The first kappa shape index (κ1) is 28.7. The number of furan rings is 1. The number of nitrogens with zero attached hydrogens (tertiary/aromatic N) is 3. The molecule has 0 aliphatic carbocycles. The molecule has 4 heterocycles. The van der Waals surface area contributed by atoms with E-state index in [0.717, 1.165) is 12.3 Å². The number of benzene rings is 1. The zero-order chi connectivity index (χ0) is 30.1. The van der Waals surface area contributed by atoms with Crippen molar-refractivity contribution in [2.24, 2.45) is 0 Å². The van der Waals surface area contributed by atoms with Gasteiger partial charge in [0, 0.05) is 55.4 Å². The van der Waals surface area contributed by atoms with Crippen LogP contribution in [-0.2, 0) is 17.5 Å². The third-order valence-corrected chi connectivity index (χ3v) is 6.76. The van der Waals surface area contributed by atoms with Gasteiger partial charge in [-0.3, -0.25) is 14.6 Å². The van der Waals surface area contributed by atoms with Crippen molar-refractivity contribution in [2.45, 2.75) is 31.5 Å². The zero-order valence-corrected chi connectivity index (χ0v) is 21.9. The lowest BCUT2D eigenvalue weighted by molar-refractivity contribution is -0.137. The number of nitrogens with one attached hydrogen (secondary N) is 1. The van der Waals surface area contributed by atoms with Gasteiger partial charge in [0.15, 0.2) is 0 Å². The first-order valence-electron chi connectivity index (χ1n) is 12.8. The second-order valence-electron chi connectivity index (χ2n) is 9.79. The Bertz CT molecular complexity index is 1650. The van der Waals surface area contributed by atoms with Crippen molar-refractivity contribution in [3.63, 3.8) is 0 Å². The summed E-state index contributed by atoms with van der Waals surface area (Å²) in [6.45, 7) is -0.363. The normalized spacial score (nSPS) is 15.3. The monoisotopic (exact) mass is 585 g/mol. The molecule has 0 unspecified atom stereocenters. The lowest BCUT2D eigenvalue weighted by Crippen LogP contribution is -2.42. The Morgan fingerprint density at radius 3 is 2.50 bits per heavy atom. The van der Waals surface area contributed by atoms with Gasteiger partial charge in [-0.25, -0.2) is 13.8 Å². The molecule has 3 N–H and O–H groups in total. The van der Waals surface area contributed by atoms with E-state index in [-0.39, 0.29) is 53.2 Å². The van der Waals surface area contributed by atoms with Gasteiger partial charge in [0.05, 0.1) is 23.2 Å². The van der Waals surface area contributed by atoms with E-state index in [1.165, 1.54) is 47.5 Å². The van der Waals surface area contributed by atoms with Crippen LogP contribution >= 0.6 is 0 Å². The van der Waals surface area contributed by atoms with E-state index >= 15 is 0 Å². The van der Waals surface area contributed by atoms with Crippen LogP contribution in [0.3, 0.4) is 0 Å². The Morgan fingerprint density at radius 1 is 1.05 bits per heavy atom. The van der Waals surface area contributed by atoms with Crippen molar-refractivity contribution >= 4 is 34.6 Å². The third kappa shape index (κ3) is 6.56. The lowest BCUT2D eigenvalue weighted by Gasteiger charge is -2.31. The van der Waals surface area contributed by atoms with E-state index in [1.807, 2.05) is 0 Å². The average Bonchev–Trinajstić information content (AvgIpc) is 3.43. The van der Waals surface area contributed by atoms with Crippen LogP contribution in [0.1, 0.15) is 40.1 Å². The van der Waals surface area contributed by atoms with Crippen LogP contribution < -0.4 is 11.1 Å². The quantitative estimate of drug-likeness (QED) is 0.222. The number of likely N-dealkylation sites (tertiary alicyclic amines) is 1. The number of anilines is 1. The highest BCUT2D eigenvalue weighted by molar-refractivity contribution is 5.98. The number of hydrogen-bond donors (Lipinski definition) is 2. The molecule has 2 amide bonds. The summed E-state index contributed by atoms with van der Waals surface area (Å²) in [4.78, 5) is 34.3. The lowest BCUT2D eigenvalue weighted by atomic mass is 10.00. The molecule has 1 aliphatic rings. The van der Waals surface area contributed by atoms with Crippen molar-refractivity contribution in [3.05, 3.63) is 83.4 Å². The molecule has 1 fully saturated rings. The molecule has 4 aromatic rings. The van der Waals surface area contributed by atoms with Gasteiger partial charge >= 0.3 is 6.18 Å². The maximum absolute atomic E-state index is 14.0. The SMILES string of the molecule is Nc1ccc(C=CC(=O)NCc2ccc(-c3cc4cc(C(=O)N5CCC(F)(F)CC5)cnc4cc3C(F)(F)F)o2)cn1. The topological polar surface area (TPSA) is 114 Å². The molecule has 1 saturated heterocycles. The van der Waals surface area contributed by atoms with E-state index < -0.39 is 42.3 Å². The Balaban J connectivity index is 1.36. The predicted octanol–water partition coefficient (Wildman–Crippen LogP) is 5.69. The molecular formula is C29H24F5N5O3. The summed E-state index contributed by atoms with van der Waals surface area (Å²) in [6.07, 6.45) is -0.252. The Kier molecular flexibility index (Phi) is 7.67. The fourth-order valence-corrected chi connectivity index (χ4v) is 4.49. The minimum absolute atomic E-state index is 0.00469. The highest BCUT2D eigenvalue weighted by Crippen LogP contribution is 2.40. The summed E-state index contributed by atoms with van der Waals surface area (Å²) in [5, 5.41) is 2.83. The van der Waals surface area contributed by atoms with E-state index in [2.05, 4.69) is 15.3 Å². The predicted molar refractivity (Wildman–Crippen MR) is 144 cm³/mol. The van der Waals surface area contributed by atoms with Crippen LogP contribution in [0.15, 0.2) is 65.4 Å². The number of alkyl halides is 5. The van der Waals surface area contributed by atoms with Crippen molar-refractivity contribution < 1.29 is 36.0 Å². The minimum atomic E-state index is -4.75. The number of carbonyl (C=O) groups excluding carboxylic acids is 2. The molecule has 0 saturated carbocycles. The number of pyridine rings is 2. The summed E-state index contributed by atoms with van der Waals surface area (Å²) in [5.41, 5.74) is 4.96. The smallest absolute Gasteiger partial charge is 0.417 e. The first-order valence-corrected chi connectivity index (χ1v) is 12.8. The van der Waals surface area contributed by atoms with Gasteiger partial charge in [-0.1, -0.05) is 0 Å². The molecule has 0 atom stereocenters. The number of piperidine rings is 1. The number of amides is 2. The number of carbonyl (C=O) groups is 2. The fraction of sp³-hybridized carbons (Fsp3) is 0.241. The molecule has 3 aromatic heterocycles. The number of hydrogen-bond acceptors (Lipinski definition) is 6. The molecule has 1 aromatic carbocycles. The molecule has 0 bridgehead atoms. The van der Waals surface area contributed by atoms with Crippen molar-refractivity contribution in [1.82, 2.24) is 20.2 Å². The average molecular weight is 586 g/mol. The highest BCUT2D eigenvalue weighted by Gasteiger charge is 2.37. The van der Waals surface area contributed by atoms with Crippen LogP contribution in [-0.4, -0.2) is 45.7 Å². The second kappa shape index (κ2) is 11.2. The summed E-state index contributed by atoms with van der Waals surface area (Å²) in [6, 6.07) is 9.51. The maximum Gasteiger partial charge on any atom is 0.417 e. The number of nitrogen functional groups attached to an aromatic ring is 1. The number of halogens is 5. The van der Waals surface area contributed by atoms with Gasteiger partial charge < -0.3 is 20.4 Å². The van der Waals surface area contributed by atoms with Crippen LogP contribution in [0, 0.1) is 0 Å². The fourth-order valence-electron chi connectivity index (χ4n) is 4.49. The second-order valence-corrected chi connectivity index (χ2v) is 9.79. The van der Waals surface area contributed by atoms with Gasteiger partial charge in [0.1, 0.15) is 17.3 Å². The van der Waals surface area contributed by atoms with E-state index in [9.17, 15) is 31.5 Å². The summed E-state index contributed by atoms with van der Waals surface area (Å²) in [7, 11) is 0. The van der Waals surface area contributed by atoms with Crippen molar-refractivity contribution in [2.75, 3.05) is 18.8 Å². The highest BCUT2D eigenvalue weighted by atomic mass is 19.4. The van der Waals surface area contributed by atoms with E-state index in [0.29, 0.717) is 11.4 Å². The minimum Gasteiger partial charge on any atom is -0.459 e. The van der Waals surface area contributed by atoms with Crippen molar-refractivity contribution in [1.29, 1.82) is 0 Å². The zero-order valence-electron chi connectivity index (χ0n) is 21.9. The summed E-state index contributed by atoms with van der Waals surface area (Å²) < 4.78 is 74.7. The summed E-state index contributed by atoms with van der Waals surface area (Å²) in [5.74, 6) is -3.39. The molecule has 42 heavy (non-hydrogen) atoms. The third-order valence-electron chi connectivity index (χ3n) is 6.76. The van der Waals surface area contributed by atoms with Crippen LogP contribution in [0.25, 0.3) is 28.3 Å². The van der Waals surface area contributed by atoms with Crippen LogP contribution in [0.4, 0.5) is 27.8 Å². The molecule has 0 radical (unpaired) electrons. The number of aromatic nitrogens is 2. The standard InChI is InChI=1S/C29H24F5N5O3/c30-28(31)7-9-39(10-8-28)27(41)19-11-18-12-21(22(29(32,33)34)13-23(18)36-15-19)24-4-3-20(42-24)16-38-26(40)6-2-17-1-5-25(35)37-14-17/h1-6,11-15H,7-10,16H2,(H2,35,37)(H,38,40). The molecule has 0 spiro atoms. The van der Waals surface area contributed by atoms with Gasteiger partial charge in [0.2, 0.25) is 5.91 Å². The molecule has 1 aliphatic heterocycles. The van der Waals surface area contributed by atoms with Crippen LogP contribution in [0.2, 0.25) is 0 Å². The van der Waals surface area contributed by atoms with Gasteiger partial charge in [0.25, 0.3) is 11.8 Å². The van der Waals surface area contributed by atoms with Gasteiger partial charge in [-0.05, 0) is 54.1 Å². The first-order chi connectivity index (χ1) is 19.9.